The highest BCUT2D eigenvalue weighted by atomic mass is 16.5. The van der Waals surface area contributed by atoms with Gasteiger partial charge in [-0.15, -0.1) is 13.2 Å². The van der Waals surface area contributed by atoms with Gasteiger partial charge in [-0.25, -0.2) is 0 Å². The van der Waals surface area contributed by atoms with Gasteiger partial charge in [0.25, 0.3) is 0 Å². The van der Waals surface area contributed by atoms with Crippen molar-refractivity contribution in [2.75, 3.05) is 31.2 Å². The van der Waals surface area contributed by atoms with E-state index in [9.17, 15) is 19.5 Å². The average Bonchev–Trinajstić information content (AvgIpc) is 3.66. The number of ether oxygens (including phenoxy) is 2. The lowest BCUT2D eigenvalue weighted by Gasteiger charge is -2.42. The second kappa shape index (κ2) is 13.1. The van der Waals surface area contributed by atoms with Gasteiger partial charge in [-0.05, 0) is 70.2 Å². The number of aliphatic hydroxyl groups is 1. The summed E-state index contributed by atoms with van der Waals surface area (Å²) in [6, 6.07) is 5.87. The molecular weight excluding hydrogens is 558 g/mol. The quantitative estimate of drug-likeness (QED) is 0.332. The molecule has 3 amide bonds. The molecule has 4 aliphatic rings. The molecule has 4 fully saturated rings. The number of hydrogen-bond acceptors (Lipinski definition) is 6. The minimum atomic E-state index is -1.15. The van der Waals surface area contributed by atoms with Gasteiger partial charge in [0, 0.05) is 24.8 Å². The first-order valence-electron chi connectivity index (χ1n) is 16.4. The van der Waals surface area contributed by atoms with E-state index < -0.39 is 35.1 Å². The summed E-state index contributed by atoms with van der Waals surface area (Å²) in [5.41, 5.74) is -1.35. The number of carbonyl (C=O) groups excluding carboxylic acids is 3. The predicted octanol–water partition coefficient (Wildman–Crippen LogP) is 4.49. The van der Waals surface area contributed by atoms with Crippen molar-refractivity contribution in [3.05, 3.63) is 49.6 Å². The molecule has 6 atom stereocenters. The number of nitrogens with zero attached hydrogens (tertiary/aromatic N) is 3. The van der Waals surface area contributed by atoms with E-state index in [1.165, 1.54) is 0 Å². The lowest BCUT2D eigenvalue weighted by atomic mass is 9.64. The van der Waals surface area contributed by atoms with Crippen LogP contribution in [-0.2, 0) is 19.1 Å². The molecule has 2 bridgehead atoms. The topological polar surface area (TPSA) is 99.6 Å². The molecule has 9 heteroatoms. The Morgan fingerprint density at radius 1 is 1.09 bits per heavy atom. The second-order valence-electron chi connectivity index (χ2n) is 12.8. The molecule has 1 aromatic carbocycles. The van der Waals surface area contributed by atoms with Crippen LogP contribution >= 0.6 is 0 Å². The van der Waals surface area contributed by atoms with Gasteiger partial charge in [-0.1, -0.05) is 38.3 Å². The maximum absolute atomic E-state index is 14.8. The summed E-state index contributed by atoms with van der Waals surface area (Å²) in [6.07, 6.45) is 10.1. The van der Waals surface area contributed by atoms with E-state index in [1.807, 2.05) is 43.0 Å². The third-order valence-electron chi connectivity index (χ3n) is 10.5. The molecule has 0 radical (unpaired) electrons. The molecule has 2 unspecified atom stereocenters. The highest BCUT2D eigenvalue weighted by Crippen LogP contribution is 2.65. The molecule has 5 rings (SSSR count). The molecule has 1 N–H and O–H groups in total. The zero-order valence-corrected chi connectivity index (χ0v) is 26.6. The molecule has 3 saturated heterocycles. The largest absolute Gasteiger partial charge is 0.494 e. The standard InChI is InChI=1S/C35H49N3O6/c1-6-21-36(26-15-17-27(18-16-26)43-9-4)31(40)28-29-32(41)38(24(5)23-39)30(35(29)20-19-34(28,8-3)44-35)33(42)37(22-7-2)25-13-11-10-12-14-25/h6-7,15-18,24-25,28-30,39H,1-2,8-14,19-23H2,3-5H3/t24-,28-,29+,30?,34+,35?/m1/s1. The van der Waals surface area contributed by atoms with Crippen molar-refractivity contribution >= 4 is 23.4 Å². The van der Waals surface area contributed by atoms with Gasteiger partial charge < -0.3 is 29.3 Å². The van der Waals surface area contributed by atoms with Crippen LogP contribution in [0.15, 0.2) is 49.6 Å². The summed E-state index contributed by atoms with van der Waals surface area (Å²) in [4.78, 5) is 49.2. The molecule has 3 aliphatic heterocycles. The fourth-order valence-corrected chi connectivity index (χ4v) is 8.49. The van der Waals surface area contributed by atoms with E-state index >= 15 is 0 Å². The lowest BCUT2D eigenvalue weighted by Crippen LogP contribution is -2.60. The van der Waals surface area contributed by atoms with E-state index in [4.69, 9.17) is 9.47 Å². The number of likely N-dealkylation sites (tertiary alicyclic amines) is 1. The SMILES string of the molecule is C=CCN(C(=O)[C@H]1[C@H]2C(=O)N([C@H](C)CO)C(C(=O)N(CC=C)C3CCCCC3)C23CC[C@]1(CC)O3)c1ccc(OCC)cc1. The van der Waals surface area contributed by atoms with Gasteiger partial charge in [-0.3, -0.25) is 14.4 Å². The Labute approximate surface area is 261 Å². The number of anilines is 1. The molecule has 9 nitrogen and oxygen atoms in total. The van der Waals surface area contributed by atoms with Crippen molar-refractivity contribution in [2.24, 2.45) is 11.8 Å². The fraction of sp³-hybridized carbons (Fsp3) is 0.629. The average molecular weight is 608 g/mol. The van der Waals surface area contributed by atoms with Crippen LogP contribution in [0.2, 0.25) is 0 Å². The monoisotopic (exact) mass is 607 g/mol. The molecule has 240 valence electrons. The van der Waals surface area contributed by atoms with Crippen molar-refractivity contribution in [1.82, 2.24) is 9.80 Å². The highest BCUT2D eigenvalue weighted by Gasteiger charge is 2.79. The van der Waals surface area contributed by atoms with Crippen LogP contribution in [-0.4, -0.2) is 88.3 Å². The number of rotatable bonds is 13. The van der Waals surface area contributed by atoms with Crippen molar-refractivity contribution in [3.63, 3.8) is 0 Å². The van der Waals surface area contributed by atoms with Crippen molar-refractivity contribution in [1.29, 1.82) is 0 Å². The van der Waals surface area contributed by atoms with Crippen LogP contribution in [0.25, 0.3) is 0 Å². The number of benzene rings is 1. The van der Waals surface area contributed by atoms with Crippen LogP contribution in [0.4, 0.5) is 5.69 Å². The van der Waals surface area contributed by atoms with Gasteiger partial charge in [0.05, 0.1) is 36.7 Å². The second-order valence-corrected chi connectivity index (χ2v) is 12.8. The van der Waals surface area contributed by atoms with Crippen LogP contribution in [0, 0.1) is 11.8 Å². The molecule has 1 aromatic rings. The van der Waals surface area contributed by atoms with E-state index in [0.717, 1.165) is 32.1 Å². The first-order valence-corrected chi connectivity index (χ1v) is 16.4. The molecule has 1 aliphatic carbocycles. The molecule has 1 spiro atoms. The smallest absolute Gasteiger partial charge is 0.248 e. The van der Waals surface area contributed by atoms with E-state index in [1.54, 1.807) is 28.9 Å². The summed E-state index contributed by atoms with van der Waals surface area (Å²) in [6.45, 7) is 14.4. The van der Waals surface area contributed by atoms with Gasteiger partial charge in [-0.2, -0.15) is 0 Å². The first-order chi connectivity index (χ1) is 21.2. The number of hydrogen-bond donors (Lipinski definition) is 1. The lowest BCUT2D eigenvalue weighted by molar-refractivity contribution is -0.157. The zero-order chi connectivity index (χ0) is 31.6. The van der Waals surface area contributed by atoms with Crippen molar-refractivity contribution in [3.8, 4) is 5.75 Å². The Morgan fingerprint density at radius 2 is 1.77 bits per heavy atom. The molecule has 44 heavy (non-hydrogen) atoms. The molecule has 3 heterocycles. The summed E-state index contributed by atoms with van der Waals surface area (Å²) >= 11 is 0. The maximum atomic E-state index is 14.8. The van der Waals surface area contributed by atoms with Gasteiger partial charge in [0.2, 0.25) is 17.7 Å². The Kier molecular flexibility index (Phi) is 9.56. The summed E-state index contributed by atoms with van der Waals surface area (Å²) < 4.78 is 12.6. The Balaban J connectivity index is 1.57. The number of amides is 3. The maximum Gasteiger partial charge on any atom is 0.248 e. The zero-order valence-electron chi connectivity index (χ0n) is 26.6. The van der Waals surface area contributed by atoms with Crippen LogP contribution in [0.3, 0.4) is 0 Å². The summed E-state index contributed by atoms with van der Waals surface area (Å²) in [5, 5.41) is 10.3. The minimum absolute atomic E-state index is 0.0602. The highest BCUT2D eigenvalue weighted by molar-refractivity contribution is 6.03. The third kappa shape index (κ3) is 5.15. The number of fused-ring (bicyclic) bond motifs is 1. The predicted molar refractivity (Wildman–Crippen MR) is 169 cm³/mol. The van der Waals surface area contributed by atoms with Crippen LogP contribution in [0.5, 0.6) is 5.75 Å². The fourth-order valence-electron chi connectivity index (χ4n) is 8.49. The van der Waals surface area contributed by atoms with Crippen molar-refractivity contribution < 1.29 is 29.0 Å². The Morgan fingerprint density at radius 3 is 2.36 bits per heavy atom. The van der Waals surface area contributed by atoms with Gasteiger partial charge in [0.1, 0.15) is 17.4 Å². The molecule has 0 aromatic heterocycles. The Bertz CT molecular complexity index is 1250. The van der Waals surface area contributed by atoms with Crippen molar-refractivity contribution in [2.45, 2.75) is 101 Å². The molecular formula is C35H49N3O6. The number of aliphatic hydroxyl groups excluding tert-OH is 1. The third-order valence-corrected chi connectivity index (χ3v) is 10.5. The summed E-state index contributed by atoms with van der Waals surface area (Å²) in [7, 11) is 0. The van der Waals surface area contributed by atoms with E-state index in [-0.39, 0.29) is 36.9 Å². The van der Waals surface area contributed by atoms with Crippen LogP contribution < -0.4 is 9.64 Å². The summed E-state index contributed by atoms with van der Waals surface area (Å²) in [5.74, 6) is -1.58. The van der Waals surface area contributed by atoms with Gasteiger partial charge in [0.15, 0.2) is 0 Å². The van der Waals surface area contributed by atoms with E-state index in [0.29, 0.717) is 43.9 Å². The van der Waals surface area contributed by atoms with E-state index in [2.05, 4.69) is 13.2 Å². The first kappa shape index (κ1) is 32.2. The number of carbonyl (C=O) groups is 3. The molecule has 1 saturated carbocycles. The van der Waals surface area contributed by atoms with Crippen LogP contribution in [0.1, 0.15) is 72.1 Å². The minimum Gasteiger partial charge on any atom is -0.494 e. The van der Waals surface area contributed by atoms with Gasteiger partial charge >= 0.3 is 0 Å². The Hall–Kier alpha value is -3.17. The normalized spacial score (nSPS) is 30.1.